The number of anilines is 3. The first kappa shape index (κ1) is 31.6. The quantitative estimate of drug-likeness (QED) is 0.176. The van der Waals surface area contributed by atoms with Crippen LogP contribution < -0.4 is 4.90 Å². The maximum absolute atomic E-state index is 2.53. The van der Waals surface area contributed by atoms with Crippen LogP contribution in [-0.4, -0.2) is 0 Å². The number of nitrogens with zero attached hydrogens (tertiary/aromatic N) is 1. The Morgan fingerprint density at radius 2 is 1.00 bits per heavy atom. The molecule has 0 amide bonds. The van der Waals surface area contributed by atoms with Gasteiger partial charge in [-0.25, -0.2) is 0 Å². The minimum absolute atomic E-state index is 0.0631. The summed E-state index contributed by atoms with van der Waals surface area (Å²) in [4.78, 5) is 2.53. The standard InChI is InChI=1S/C52H39NS/c1-51(2)44-19-11-8-16-38(44)42-30-34(24-27-45(42)51)53(35-23-26-39-37-15-7-10-18-43(37)52(3,4)46(39)31-35)47-28-22-32-13-5-6-14-36(32)50(47)33-21-25-41-40-17-9-12-20-48(40)54-49(41)29-33/h5-31H,1-4H3. The average Bonchev–Trinajstić information content (AvgIpc) is 3.77. The molecule has 0 radical (unpaired) electrons. The van der Waals surface area contributed by atoms with Crippen molar-refractivity contribution in [2.24, 2.45) is 0 Å². The summed E-state index contributed by atoms with van der Waals surface area (Å²) in [6, 6.07) is 61.7. The first-order valence-electron chi connectivity index (χ1n) is 19.0. The number of fused-ring (bicyclic) bond motifs is 10. The van der Waals surface area contributed by atoms with E-state index in [9.17, 15) is 0 Å². The van der Waals surface area contributed by atoms with Crippen LogP contribution in [0.3, 0.4) is 0 Å². The van der Waals surface area contributed by atoms with Gasteiger partial charge in [0.1, 0.15) is 0 Å². The van der Waals surface area contributed by atoms with Gasteiger partial charge >= 0.3 is 0 Å². The van der Waals surface area contributed by atoms with Gasteiger partial charge in [0.2, 0.25) is 0 Å². The fourth-order valence-corrected chi connectivity index (χ4v) is 10.9. The lowest BCUT2D eigenvalue weighted by Crippen LogP contribution is -2.17. The van der Waals surface area contributed by atoms with Crippen molar-refractivity contribution in [1.82, 2.24) is 0 Å². The molecule has 8 aromatic carbocycles. The van der Waals surface area contributed by atoms with E-state index in [1.807, 2.05) is 11.3 Å². The summed E-state index contributed by atoms with van der Waals surface area (Å²) in [5.74, 6) is 0. The first-order chi connectivity index (χ1) is 26.3. The summed E-state index contributed by atoms with van der Waals surface area (Å²) < 4.78 is 2.64. The topological polar surface area (TPSA) is 3.24 Å². The van der Waals surface area contributed by atoms with E-state index in [1.165, 1.54) is 98.0 Å². The Morgan fingerprint density at radius 3 is 1.81 bits per heavy atom. The molecule has 0 aliphatic heterocycles. The van der Waals surface area contributed by atoms with Crippen LogP contribution in [0.4, 0.5) is 17.1 Å². The molecule has 0 bridgehead atoms. The summed E-state index contributed by atoms with van der Waals surface area (Å²) in [5, 5.41) is 5.13. The van der Waals surface area contributed by atoms with E-state index in [0.717, 1.165) is 5.69 Å². The highest BCUT2D eigenvalue weighted by molar-refractivity contribution is 7.25. The van der Waals surface area contributed by atoms with Gasteiger partial charge in [-0.3, -0.25) is 0 Å². The number of benzene rings is 8. The summed E-state index contributed by atoms with van der Waals surface area (Å²) in [6.07, 6.45) is 0. The second kappa shape index (κ2) is 11.3. The molecule has 2 heteroatoms. The smallest absolute Gasteiger partial charge is 0.0546 e. The van der Waals surface area contributed by atoms with Gasteiger partial charge in [-0.1, -0.05) is 149 Å². The van der Waals surface area contributed by atoms with Crippen molar-refractivity contribution >= 4 is 59.3 Å². The van der Waals surface area contributed by atoms with Gasteiger partial charge in [0.25, 0.3) is 0 Å². The second-order valence-electron chi connectivity index (χ2n) is 16.1. The molecule has 0 spiro atoms. The van der Waals surface area contributed by atoms with E-state index in [4.69, 9.17) is 0 Å². The Balaban J connectivity index is 1.20. The fourth-order valence-electron chi connectivity index (χ4n) is 9.74. The highest BCUT2D eigenvalue weighted by atomic mass is 32.1. The molecule has 1 aromatic heterocycles. The molecule has 258 valence electrons. The zero-order chi connectivity index (χ0) is 36.3. The van der Waals surface area contributed by atoms with E-state index in [-0.39, 0.29) is 10.8 Å². The Bertz CT molecular complexity index is 3010. The van der Waals surface area contributed by atoms with Gasteiger partial charge in [-0.2, -0.15) is 0 Å². The number of thiophene rings is 1. The number of hydrogen-bond donors (Lipinski definition) is 0. The fraction of sp³-hybridized carbons (Fsp3) is 0.115. The van der Waals surface area contributed by atoms with Crippen molar-refractivity contribution in [3.8, 4) is 33.4 Å². The third-order valence-electron chi connectivity index (χ3n) is 12.5. The predicted octanol–water partition coefficient (Wildman–Crippen LogP) is 15.0. The second-order valence-corrected chi connectivity index (χ2v) is 17.2. The summed E-state index contributed by atoms with van der Waals surface area (Å²) in [6.45, 7) is 9.48. The predicted molar refractivity (Wildman–Crippen MR) is 232 cm³/mol. The zero-order valence-corrected chi connectivity index (χ0v) is 31.8. The molecule has 0 atom stereocenters. The van der Waals surface area contributed by atoms with Gasteiger partial charge < -0.3 is 4.90 Å². The third-order valence-corrected chi connectivity index (χ3v) is 13.6. The third kappa shape index (κ3) is 4.38. The minimum Gasteiger partial charge on any atom is -0.310 e. The van der Waals surface area contributed by atoms with E-state index >= 15 is 0 Å². The van der Waals surface area contributed by atoms with E-state index in [0.29, 0.717) is 0 Å². The summed E-state index contributed by atoms with van der Waals surface area (Å²) >= 11 is 1.88. The molecule has 0 unspecified atom stereocenters. The maximum Gasteiger partial charge on any atom is 0.0546 e. The van der Waals surface area contributed by atoms with E-state index in [2.05, 4.69) is 196 Å². The van der Waals surface area contributed by atoms with Crippen molar-refractivity contribution in [2.45, 2.75) is 38.5 Å². The monoisotopic (exact) mass is 709 g/mol. The van der Waals surface area contributed by atoms with E-state index in [1.54, 1.807) is 0 Å². The molecule has 1 heterocycles. The Labute approximate surface area is 320 Å². The largest absolute Gasteiger partial charge is 0.310 e. The van der Waals surface area contributed by atoms with Gasteiger partial charge in [0.05, 0.1) is 5.69 Å². The molecule has 9 aromatic rings. The number of hydrogen-bond acceptors (Lipinski definition) is 2. The van der Waals surface area contributed by atoms with Gasteiger partial charge in [-0.05, 0) is 103 Å². The molecule has 0 saturated heterocycles. The van der Waals surface area contributed by atoms with Crippen molar-refractivity contribution < 1.29 is 0 Å². The van der Waals surface area contributed by atoms with Crippen molar-refractivity contribution in [3.05, 3.63) is 186 Å². The van der Waals surface area contributed by atoms with Crippen LogP contribution in [0.5, 0.6) is 0 Å². The zero-order valence-electron chi connectivity index (χ0n) is 30.9. The van der Waals surface area contributed by atoms with E-state index < -0.39 is 0 Å². The molecule has 2 aliphatic carbocycles. The molecular weight excluding hydrogens is 671 g/mol. The van der Waals surface area contributed by atoms with Crippen LogP contribution in [-0.2, 0) is 10.8 Å². The lowest BCUT2D eigenvalue weighted by Gasteiger charge is -2.31. The minimum atomic E-state index is -0.118. The van der Waals surface area contributed by atoms with Crippen LogP contribution in [0, 0.1) is 0 Å². The normalized spacial score (nSPS) is 14.6. The van der Waals surface area contributed by atoms with Crippen LogP contribution in [0.15, 0.2) is 164 Å². The molecule has 0 fully saturated rings. The highest BCUT2D eigenvalue weighted by Gasteiger charge is 2.38. The van der Waals surface area contributed by atoms with Crippen LogP contribution in [0.2, 0.25) is 0 Å². The SMILES string of the molecule is CC1(C)c2ccccc2-c2cc(N(c3ccc4c(c3)C(C)(C)c3ccccc3-4)c3ccc4ccccc4c3-c3ccc4c(c3)sc3ccccc34)ccc21. The van der Waals surface area contributed by atoms with Crippen LogP contribution >= 0.6 is 11.3 Å². The van der Waals surface area contributed by atoms with Crippen molar-refractivity contribution in [1.29, 1.82) is 0 Å². The maximum atomic E-state index is 2.53. The Kier molecular flexibility index (Phi) is 6.59. The molecule has 2 aliphatic rings. The number of rotatable bonds is 4. The average molecular weight is 710 g/mol. The Morgan fingerprint density at radius 1 is 0.407 bits per heavy atom. The molecule has 1 nitrogen and oxygen atoms in total. The molecule has 0 N–H and O–H groups in total. The lowest BCUT2D eigenvalue weighted by atomic mass is 9.82. The summed E-state index contributed by atoms with van der Waals surface area (Å²) in [7, 11) is 0. The summed E-state index contributed by atoms with van der Waals surface area (Å²) in [5.41, 5.74) is 16.7. The van der Waals surface area contributed by atoms with Gasteiger partial charge in [-0.15, -0.1) is 11.3 Å². The van der Waals surface area contributed by atoms with Crippen LogP contribution in [0.1, 0.15) is 49.9 Å². The first-order valence-corrected chi connectivity index (χ1v) is 19.8. The molecule has 54 heavy (non-hydrogen) atoms. The van der Waals surface area contributed by atoms with Crippen molar-refractivity contribution in [2.75, 3.05) is 4.90 Å². The highest BCUT2D eigenvalue weighted by Crippen LogP contribution is 2.54. The van der Waals surface area contributed by atoms with Gasteiger partial charge in [0.15, 0.2) is 0 Å². The molecule has 0 saturated carbocycles. The van der Waals surface area contributed by atoms with Gasteiger partial charge in [0, 0.05) is 47.9 Å². The van der Waals surface area contributed by atoms with Crippen LogP contribution in [0.25, 0.3) is 64.3 Å². The lowest BCUT2D eigenvalue weighted by molar-refractivity contribution is 0.660. The molecule has 11 rings (SSSR count). The van der Waals surface area contributed by atoms with Crippen molar-refractivity contribution in [3.63, 3.8) is 0 Å². The Hall–Kier alpha value is -5.96. The molecular formula is C52H39NS.